The molecule has 0 spiro atoms. The van der Waals surface area contributed by atoms with Crippen molar-refractivity contribution < 1.29 is 4.74 Å². The van der Waals surface area contributed by atoms with E-state index in [1.807, 2.05) is 0 Å². The van der Waals surface area contributed by atoms with Crippen molar-refractivity contribution in [2.75, 3.05) is 31.6 Å². The first-order valence-electron chi connectivity index (χ1n) is 9.07. The van der Waals surface area contributed by atoms with Gasteiger partial charge in [0.2, 0.25) is 0 Å². The van der Waals surface area contributed by atoms with E-state index >= 15 is 0 Å². The number of aryl methyl sites for hydroxylation is 1. The second-order valence-electron chi connectivity index (χ2n) is 6.81. The summed E-state index contributed by atoms with van der Waals surface area (Å²) in [4.78, 5) is 2.61. The van der Waals surface area contributed by atoms with Crippen LogP contribution in [0, 0.1) is 0 Å². The first kappa shape index (κ1) is 15.5. The molecule has 0 bridgehead atoms. The summed E-state index contributed by atoms with van der Waals surface area (Å²) < 4.78 is 5.38. The van der Waals surface area contributed by atoms with Crippen LogP contribution in [0.25, 0.3) is 11.1 Å². The molecule has 0 radical (unpaired) electrons. The lowest BCUT2D eigenvalue weighted by Gasteiger charge is -2.24. The molecule has 2 heterocycles. The average molecular weight is 322 g/mol. The van der Waals surface area contributed by atoms with Crippen LogP contribution in [0.15, 0.2) is 36.4 Å². The largest absolute Gasteiger partial charge is 0.497 e. The monoisotopic (exact) mass is 322 g/mol. The van der Waals surface area contributed by atoms with Gasteiger partial charge in [0.1, 0.15) is 5.75 Å². The van der Waals surface area contributed by atoms with Gasteiger partial charge in [-0.1, -0.05) is 19.1 Å². The van der Waals surface area contributed by atoms with E-state index in [1.165, 1.54) is 40.8 Å². The van der Waals surface area contributed by atoms with E-state index < -0.39 is 0 Å². The van der Waals surface area contributed by atoms with Gasteiger partial charge in [0.15, 0.2) is 0 Å². The molecule has 3 heteroatoms. The molecule has 1 fully saturated rings. The lowest BCUT2D eigenvalue weighted by atomic mass is 9.95. The van der Waals surface area contributed by atoms with E-state index in [1.54, 1.807) is 7.11 Å². The van der Waals surface area contributed by atoms with Gasteiger partial charge in [0, 0.05) is 24.8 Å². The second-order valence-corrected chi connectivity index (χ2v) is 6.81. The third-order valence-electron chi connectivity index (χ3n) is 5.47. The molecule has 3 nitrogen and oxygen atoms in total. The van der Waals surface area contributed by atoms with E-state index in [9.17, 15) is 0 Å². The van der Waals surface area contributed by atoms with Crippen molar-refractivity contribution in [1.82, 2.24) is 5.32 Å². The fourth-order valence-electron chi connectivity index (χ4n) is 4.18. The average Bonchev–Trinajstić information content (AvgIpc) is 2.81. The fraction of sp³-hybridized carbons (Fsp3) is 0.429. The van der Waals surface area contributed by atoms with Crippen molar-refractivity contribution in [2.45, 2.75) is 32.2 Å². The number of nitrogens with zero attached hydrogens (tertiary/aromatic N) is 1. The lowest BCUT2D eigenvalue weighted by Crippen LogP contribution is -2.32. The number of methoxy groups -OCH3 is 1. The van der Waals surface area contributed by atoms with Crippen LogP contribution in [0.5, 0.6) is 5.75 Å². The van der Waals surface area contributed by atoms with Crippen molar-refractivity contribution in [2.24, 2.45) is 0 Å². The van der Waals surface area contributed by atoms with Crippen LogP contribution in [-0.2, 0) is 12.8 Å². The zero-order chi connectivity index (χ0) is 16.5. The summed E-state index contributed by atoms with van der Waals surface area (Å²) in [5, 5.41) is 3.52. The Morgan fingerprint density at radius 3 is 2.92 bits per heavy atom. The first-order valence-corrected chi connectivity index (χ1v) is 9.07. The number of fused-ring (bicyclic) bond motifs is 3. The molecule has 4 rings (SSSR count). The molecule has 2 aromatic rings. The van der Waals surface area contributed by atoms with E-state index in [0.717, 1.165) is 31.8 Å². The predicted molar refractivity (Wildman–Crippen MR) is 100 cm³/mol. The molecular weight excluding hydrogens is 296 g/mol. The smallest absolute Gasteiger partial charge is 0.119 e. The zero-order valence-electron chi connectivity index (χ0n) is 14.6. The van der Waals surface area contributed by atoms with Crippen LogP contribution in [-0.4, -0.2) is 32.8 Å². The normalized spacial score (nSPS) is 19.6. The minimum Gasteiger partial charge on any atom is -0.497 e. The number of benzene rings is 2. The standard InChI is InChI=1S/C21H26N2O/c1-3-15-14-19(24-2)5-6-20(15)16-4-7-21-17(12-16)13-18-8-9-22-10-11-23(18)21/h4-7,12,14,18,22H,3,8-11,13H2,1-2H3. The Morgan fingerprint density at radius 2 is 2.08 bits per heavy atom. The summed E-state index contributed by atoms with van der Waals surface area (Å²) in [6, 6.07) is 14.2. The molecule has 24 heavy (non-hydrogen) atoms. The van der Waals surface area contributed by atoms with Crippen molar-refractivity contribution in [1.29, 1.82) is 0 Å². The second kappa shape index (κ2) is 6.48. The molecule has 126 valence electrons. The third-order valence-corrected chi connectivity index (χ3v) is 5.47. The molecule has 1 unspecified atom stereocenters. The third kappa shape index (κ3) is 2.67. The van der Waals surface area contributed by atoms with Gasteiger partial charge in [-0.05, 0) is 72.3 Å². The van der Waals surface area contributed by atoms with Crippen LogP contribution in [0.2, 0.25) is 0 Å². The van der Waals surface area contributed by atoms with Gasteiger partial charge in [0.05, 0.1) is 7.11 Å². The number of rotatable bonds is 3. The maximum atomic E-state index is 5.38. The number of nitrogens with one attached hydrogen (secondary N) is 1. The minimum atomic E-state index is 0.673. The zero-order valence-corrected chi connectivity index (χ0v) is 14.6. The number of hydrogen-bond acceptors (Lipinski definition) is 3. The number of ether oxygens (including phenoxy) is 1. The molecule has 0 amide bonds. The van der Waals surface area contributed by atoms with Crippen molar-refractivity contribution in [3.8, 4) is 16.9 Å². The molecule has 2 aliphatic heterocycles. The first-order chi connectivity index (χ1) is 11.8. The van der Waals surface area contributed by atoms with Crippen LogP contribution in [0.3, 0.4) is 0 Å². The van der Waals surface area contributed by atoms with Crippen molar-refractivity contribution in [3.05, 3.63) is 47.5 Å². The van der Waals surface area contributed by atoms with Gasteiger partial charge in [0.25, 0.3) is 0 Å². The highest BCUT2D eigenvalue weighted by Gasteiger charge is 2.30. The Morgan fingerprint density at radius 1 is 1.17 bits per heavy atom. The number of hydrogen-bond donors (Lipinski definition) is 1. The van der Waals surface area contributed by atoms with Crippen LogP contribution < -0.4 is 15.0 Å². The Bertz CT molecular complexity index is 741. The molecule has 1 saturated heterocycles. The highest BCUT2D eigenvalue weighted by atomic mass is 16.5. The van der Waals surface area contributed by atoms with Gasteiger partial charge >= 0.3 is 0 Å². The van der Waals surface area contributed by atoms with E-state index in [4.69, 9.17) is 4.74 Å². The van der Waals surface area contributed by atoms with Gasteiger partial charge in [-0.25, -0.2) is 0 Å². The summed E-state index contributed by atoms with van der Waals surface area (Å²) >= 11 is 0. The highest BCUT2D eigenvalue weighted by molar-refractivity contribution is 5.74. The molecule has 1 atom stereocenters. The summed E-state index contributed by atoms with van der Waals surface area (Å²) in [5.41, 5.74) is 6.98. The number of anilines is 1. The Balaban J connectivity index is 1.70. The summed E-state index contributed by atoms with van der Waals surface area (Å²) in [6.07, 6.45) is 3.44. The lowest BCUT2D eigenvalue weighted by molar-refractivity contribution is 0.414. The highest BCUT2D eigenvalue weighted by Crippen LogP contribution is 2.38. The summed E-state index contributed by atoms with van der Waals surface area (Å²) in [7, 11) is 1.73. The molecule has 2 aromatic carbocycles. The Labute approximate surface area is 144 Å². The molecule has 0 saturated carbocycles. The molecule has 0 aromatic heterocycles. The maximum absolute atomic E-state index is 5.38. The molecule has 2 aliphatic rings. The molecular formula is C21H26N2O. The SMILES string of the molecule is CCc1cc(OC)ccc1-c1ccc2c(c1)CC1CCNCCN21. The van der Waals surface area contributed by atoms with Gasteiger partial charge < -0.3 is 15.0 Å². The molecule has 1 N–H and O–H groups in total. The van der Waals surface area contributed by atoms with Crippen molar-refractivity contribution >= 4 is 5.69 Å². The van der Waals surface area contributed by atoms with Crippen LogP contribution >= 0.6 is 0 Å². The minimum absolute atomic E-state index is 0.673. The maximum Gasteiger partial charge on any atom is 0.119 e. The molecule has 0 aliphatic carbocycles. The van der Waals surface area contributed by atoms with Crippen LogP contribution in [0.1, 0.15) is 24.5 Å². The Hall–Kier alpha value is -2.00. The fourth-order valence-corrected chi connectivity index (χ4v) is 4.18. The van der Waals surface area contributed by atoms with E-state index in [2.05, 4.69) is 53.5 Å². The van der Waals surface area contributed by atoms with E-state index in [0.29, 0.717) is 6.04 Å². The topological polar surface area (TPSA) is 24.5 Å². The van der Waals surface area contributed by atoms with Gasteiger partial charge in [-0.15, -0.1) is 0 Å². The van der Waals surface area contributed by atoms with Crippen LogP contribution in [0.4, 0.5) is 5.69 Å². The summed E-state index contributed by atoms with van der Waals surface area (Å²) in [5.74, 6) is 0.942. The van der Waals surface area contributed by atoms with Gasteiger partial charge in [-0.3, -0.25) is 0 Å². The van der Waals surface area contributed by atoms with E-state index in [-0.39, 0.29) is 0 Å². The Kier molecular flexibility index (Phi) is 4.19. The quantitative estimate of drug-likeness (QED) is 0.933. The predicted octanol–water partition coefficient (Wildman–Crippen LogP) is 3.65. The van der Waals surface area contributed by atoms with Crippen molar-refractivity contribution in [3.63, 3.8) is 0 Å². The van der Waals surface area contributed by atoms with Gasteiger partial charge in [-0.2, -0.15) is 0 Å². The summed E-state index contributed by atoms with van der Waals surface area (Å²) in [6.45, 7) is 5.57.